The number of amides is 2. The van der Waals surface area contributed by atoms with E-state index in [1.165, 1.54) is 0 Å². The highest BCUT2D eigenvalue weighted by atomic mass is 19.4. The van der Waals surface area contributed by atoms with Gasteiger partial charge in [-0.15, -0.1) is 0 Å². The molecule has 0 saturated carbocycles. The first-order chi connectivity index (χ1) is 11.3. The summed E-state index contributed by atoms with van der Waals surface area (Å²) < 4.78 is 38.7. The third-order valence-electron chi connectivity index (χ3n) is 4.41. The molecule has 6 nitrogen and oxygen atoms in total. The summed E-state index contributed by atoms with van der Waals surface area (Å²) >= 11 is 0. The maximum Gasteiger partial charge on any atom is 0.397 e. The second-order valence-electron chi connectivity index (χ2n) is 6.17. The Kier molecular flexibility index (Phi) is 4.51. The topological polar surface area (TPSA) is 58.4 Å². The molecule has 0 N–H and O–H groups in total. The predicted octanol–water partition coefficient (Wildman–Crippen LogP) is 1.46. The minimum Gasteiger partial charge on any atom is -0.339 e. The molecule has 3 rings (SSSR count). The van der Waals surface area contributed by atoms with Crippen LogP contribution in [0, 0.1) is 0 Å². The first kappa shape index (κ1) is 16.8. The van der Waals surface area contributed by atoms with Crippen LogP contribution in [0.1, 0.15) is 35.4 Å². The van der Waals surface area contributed by atoms with Crippen molar-refractivity contribution in [2.75, 3.05) is 26.2 Å². The van der Waals surface area contributed by atoms with Crippen LogP contribution in [-0.4, -0.2) is 63.7 Å². The van der Waals surface area contributed by atoms with Gasteiger partial charge in [-0.1, -0.05) is 0 Å². The molecule has 3 heterocycles. The van der Waals surface area contributed by atoms with Gasteiger partial charge in [0.05, 0.1) is 0 Å². The molecular formula is C15H19F3N4O2. The standard InChI is InChI=1S/C15H19F3N4O2/c16-15(17,18)10-13(23)20-5-7-21(8-6-20)14(24)12-9-11-3-1-2-4-22(11)19-12/h9H,1-8,10H2. The van der Waals surface area contributed by atoms with Crippen molar-refractivity contribution in [3.05, 3.63) is 17.5 Å². The number of piperazine rings is 1. The summed E-state index contributed by atoms with van der Waals surface area (Å²) in [6.07, 6.45) is -2.92. The molecule has 1 fully saturated rings. The molecule has 132 valence electrons. The van der Waals surface area contributed by atoms with Gasteiger partial charge >= 0.3 is 6.18 Å². The Morgan fingerprint density at radius 3 is 2.33 bits per heavy atom. The fourth-order valence-corrected chi connectivity index (χ4v) is 3.13. The molecule has 1 saturated heterocycles. The normalized spacial score (nSPS) is 18.5. The van der Waals surface area contributed by atoms with E-state index in [4.69, 9.17) is 0 Å². The van der Waals surface area contributed by atoms with Crippen molar-refractivity contribution in [1.82, 2.24) is 19.6 Å². The molecule has 2 amide bonds. The van der Waals surface area contributed by atoms with Crippen LogP contribution < -0.4 is 0 Å². The second kappa shape index (κ2) is 6.45. The highest BCUT2D eigenvalue weighted by molar-refractivity contribution is 5.92. The number of aryl methyl sites for hydroxylation is 2. The Bertz CT molecular complexity index is 610. The number of carbonyl (C=O) groups excluding carboxylic acids is 2. The summed E-state index contributed by atoms with van der Waals surface area (Å²) in [6.45, 7) is 1.50. The lowest BCUT2D eigenvalue weighted by atomic mass is 10.1. The molecule has 2 aliphatic heterocycles. The second-order valence-corrected chi connectivity index (χ2v) is 6.17. The Hall–Kier alpha value is -2.06. The molecule has 0 aromatic carbocycles. The highest BCUT2D eigenvalue weighted by Crippen LogP contribution is 2.21. The van der Waals surface area contributed by atoms with Gasteiger partial charge in [0.15, 0.2) is 5.69 Å². The lowest BCUT2D eigenvalue weighted by Crippen LogP contribution is -2.51. The Labute approximate surface area is 137 Å². The minimum atomic E-state index is -4.50. The van der Waals surface area contributed by atoms with E-state index in [1.807, 2.05) is 4.68 Å². The number of fused-ring (bicyclic) bond motifs is 1. The van der Waals surface area contributed by atoms with Gasteiger partial charge < -0.3 is 9.80 Å². The summed E-state index contributed by atoms with van der Waals surface area (Å²) in [5.74, 6) is -1.16. The van der Waals surface area contributed by atoms with Crippen LogP contribution in [0.25, 0.3) is 0 Å². The molecule has 0 bridgehead atoms. The van der Waals surface area contributed by atoms with Gasteiger partial charge in [-0.2, -0.15) is 18.3 Å². The summed E-state index contributed by atoms with van der Waals surface area (Å²) in [4.78, 5) is 26.8. The molecular weight excluding hydrogens is 325 g/mol. The van der Waals surface area contributed by atoms with E-state index in [-0.39, 0.29) is 32.1 Å². The van der Waals surface area contributed by atoms with Gasteiger partial charge in [0, 0.05) is 38.4 Å². The summed E-state index contributed by atoms with van der Waals surface area (Å²) in [6, 6.07) is 1.79. The number of hydrogen-bond acceptors (Lipinski definition) is 3. The predicted molar refractivity (Wildman–Crippen MR) is 78.3 cm³/mol. The highest BCUT2D eigenvalue weighted by Gasteiger charge is 2.35. The zero-order chi connectivity index (χ0) is 17.3. The molecule has 24 heavy (non-hydrogen) atoms. The molecule has 9 heteroatoms. The van der Waals surface area contributed by atoms with E-state index >= 15 is 0 Å². The van der Waals surface area contributed by atoms with E-state index in [2.05, 4.69) is 5.10 Å². The maximum absolute atomic E-state index is 12.5. The van der Waals surface area contributed by atoms with E-state index in [9.17, 15) is 22.8 Å². The van der Waals surface area contributed by atoms with Crippen LogP contribution >= 0.6 is 0 Å². The summed E-state index contributed by atoms with van der Waals surface area (Å²) in [5, 5.41) is 4.32. The molecule has 2 aliphatic rings. The van der Waals surface area contributed by atoms with Crippen molar-refractivity contribution < 1.29 is 22.8 Å². The molecule has 1 aromatic rings. The summed E-state index contributed by atoms with van der Waals surface area (Å²) in [7, 11) is 0. The monoisotopic (exact) mass is 344 g/mol. The fraction of sp³-hybridized carbons (Fsp3) is 0.667. The third kappa shape index (κ3) is 3.70. The van der Waals surface area contributed by atoms with Crippen LogP contribution in [0.3, 0.4) is 0 Å². The molecule has 0 radical (unpaired) electrons. The van der Waals surface area contributed by atoms with E-state index in [0.717, 1.165) is 36.4 Å². The van der Waals surface area contributed by atoms with Crippen molar-refractivity contribution in [3.8, 4) is 0 Å². The van der Waals surface area contributed by atoms with Gasteiger partial charge in [-0.25, -0.2) is 0 Å². The van der Waals surface area contributed by atoms with Gasteiger partial charge in [0.25, 0.3) is 5.91 Å². The number of aromatic nitrogens is 2. The molecule has 0 unspecified atom stereocenters. The minimum absolute atomic E-state index is 0.119. The van der Waals surface area contributed by atoms with Crippen LogP contribution in [-0.2, 0) is 17.8 Å². The van der Waals surface area contributed by atoms with Crippen molar-refractivity contribution in [2.45, 2.75) is 38.4 Å². The smallest absolute Gasteiger partial charge is 0.339 e. The molecule has 0 spiro atoms. The van der Waals surface area contributed by atoms with Crippen molar-refractivity contribution >= 4 is 11.8 Å². The van der Waals surface area contributed by atoms with E-state index < -0.39 is 18.5 Å². The van der Waals surface area contributed by atoms with Crippen molar-refractivity contribution in [3.63, 3.8) is 0 Å². The van der Waals surface area contributed by atoms with Gasteiger partial charge in [0.2, 0.25) is 5.91 Å². The summed E-state index contributed by atoms with van der Waals surface area (Å²) in [5.41, 5.74) is 1.42. The number of alkyl halides is 3. The van der Waals surface area contributed by atoms with Crippen LogP contribution in [0.4, 0.5) is 13.2 Å². The Morgan fingerprint density at radius 2 is 1.71 bits per heavy atom. The lowest BCUT2D eigenvalue weighted by Gasteiger charge is -2.34. The van der Waals surface area contributed by atoms with Crippen LogP contribution in [0.5, 0.6) is 0 Å². The molecule has 1 aromatic heterocycles. The Balaban J connectivity index is 1.57. The fourth-order valence-electron chi connectivity index (χ4n) is 3.13. The lowest BCUT2D eigenvalue weighted by molar-refractivity contribution is -0.162. The third-order valence-corrected chi connectivity index (χ3v) is 4.41. The maximum atomic E-state index is 12.5. The van der Waals surface area contributed by atoms with E-state index in [1.54, 1.807) is 11.0 Å². The SMILES string of the molecule is O=C(CC(F)(F)F)N1CCN(C(=O)c2cc3n(n2)CCCC3)CC1. The van der Waals surface area contributed by atoms with Crippen LogP contribution in [0.2, 0.25) is 0 Å². The molecule has 0 aliphatic carbocycles. The zero-order valence-corrected chi connectivity index (χ0v) is 13.2. The average Bonchev–Trinajstić information content (AvgIpc) is 2.96. The number of rotatable bonds is 2. The van der Waals surface area contributed by atoms with Gasteiger partial charge in [-0.05, 0) is 25.3 Å². The van der Waals surface area contributed by atoms with E-state index in [0.29, 0.717) is 5.69 Å². The van der Waals surface area contributed by atoms with Gasteiger partial charge in [-0.3, -0.25) is 14.3 Å². The van der Waals surface area contributed by atoms with Gasteiger partial charge in [0.1, 0.15) is 6.42 Å². The van der Waals surface area contributed by atoms with Crippen LogP contribution in [0.15, 0.2) is 6.07 Å². The number of halogens is 3. The Morgan fingerprint density at radius 1 is 1.04 bits per heavy atom. The number of carbonyl (C=O) groups is 2. The number of nitrogens with zero attached hydrogens (tertiary/aromatic N) is 4. The first-order valence-electron chi connectivity index (χ1n) is 8.04. The first-order valence-corrected chi connectivity index (χ1v) is 8.04. The van der Waals surface area contributed by atoms with Crippen molar-refractivity contribution in [1.29, 1.82) is 0 Å². The quantitative estimate of drug-likeness (QED) is 0.816. The zero-order valence-electron chi connectivity index (χ0n) is 13.2. The molecule has 0 atom stereocenters. The average molecular weight is 344 g/mol. The van der Waals surface area contributed by atoms with Crippen molar-refractivity contribution in [2.24, 2.45) is 0 Å². The largest absolute Gasteiger partial charge is 0.397 e. The number of hydrogen-bond donors (Lipinski definition) is 0.